The lowest BCUT2D eigenvalue weighted by molar-refractivity contribution is -0.140. The summed E-state index contributed by atoms with van der Waals surface area (Å²) in [4.78, 5) is 43.8. The van der Waals surface area contributed by atoms with Gasteiger partial charge in [-0.3, -0.25) is 9.36 Å². The Morgan fingerprint density at radius 3 is 2.52 bits per heavy atom. The van der Waals surface area contributed by atoms with Crippen molar-refractivity contribution in [1.29, 1.82) is 0 Å². The third kappa shape index (κ3) is 5.57. The number of aromatic nitrogens is 1. The summed E-state index contributed by atoms with van der Waals surface area (Å²) in [6.45, 7) is 1.27. The predicted molar refractivity (Wildman–Crippen MR) is 163 cm³/mol. The molecule has 0 spiro atoms. The molecule has 224 valence electrons. The second-order valence-electron chi connectivity index (χ2n) is 9.54. The van der Waals surface area contributed by atoms with Gasteiger partial charge in [0.05, 0.1) is 38.5 Å². The second kappa shape index (κ2) is 12.2. The zero-order valence-electron chi connectivity index (χ0n) is 22.9. The van der Waals surface area contributed by atoms with Gasteiger partial charge in [0.1, 0.15) is 0 Å². The van der Waals surface area contributed by atoms with Crippen LogP contribution in [0, 0.1) is 0 Å². The number of ether oxygens (including phenoxy) is 4. The van der Waals surface area contributed by atoms with Gasteiger partial charge in [-0.25, -0.2) is 14.6 Å². The van der Waals surface area contributed by atoms with E-state index in [1.165, 1.54) is 16.7 Å². The first-order valence-corrected chi connectivity index (χ1v) is 14.8. The lowest BCUT2D eigenvalue weighted by Crippen LogP contribution is -2.40. The minimum Gasteiger partial charge on any atom is -0.479 e. The number of hydrogen-bond acceptors (Lipinski definition) is 9. The van der Waals surface area contributed by atoms with Crippen molar-refractivity contribution in [2.45, 2.75) is 13.0 Å². The van der Waals surface area contributed by atoms with E-state index < -0.39 is 30.1 Å². The smallest absolute Gasteiger partial charge is 0.341 e. The van der Waals surface area contributed by atoms with Crippen molar-refractivity contribution in [3.63, 3.8) is 0 Å². The first-order valence-electron chi connectivity index (χ1n) is 13.3. The molecule has 0 radical (unpaired) electrons. The second-order valence-corrected chi connectivity index (χ2v) is 11.4. The number of halogens is 2. The number of fused-ring (bicyclic) bond motifs is 2. The van der Waals surface area contributed by atoms with Crippen LogP contribution in [0.4, 0.5) is 0 Å². The summed E-state index contributed by atoms with van der Waals surface area (Å²) in [7, 11) is 0. The first kappa shape index (κ1) is 29.5. The Bertz CT molecular complexity index is 2000. The average Bonchev–Trinajstić information content (AvgIpc) is 3.59. The molecule has 1 aromatic heterocycles. The lowest BCUT2D eigenvalue weighted by atomic mass is 9.93. The molecule has 0 saturated heterocycles. The molecule has 0 aliphatic carbocycles. The Balaban J connectivity index is 1.57. The fourth-order valence-electron chi connectivity index (χ4n) is 4.92. The average molecular weight is 653 g/mol. The molecular formula is C31H22Cl2N2O8S. The molecule has 0 fully saturated rings. The zero-order valence-corrected chi connectivity index (χ0v) is 25.2. The van der Waals surface area contributed by atoms with Crippen LogP contribution in [0.1, 0.15) is 29.7 Å². The molecule has 44 heavy (non-hydrogen) atoms. The molecule has 1 N–H and O–H groups in total. The Hall–Kier alpha value is -4.58. The molecular weight excluding hydrogens is 631 g/mol. The van der Waals surface area contributed by atoms with Crippen LogP contribution in [-0.2, 0) is 14.3 Å². The van der Waals surface area contributed by atoms with Crippen LogP contribution >= 0.6 is 34.5 Å². The monoisotopic (exact) mass is 652 g/mol. The number of nitrogens with zero attached hydrogens (tertiary/aromatic N) is 2. The van der Waals surface area contributed by atoms with Crippen LogP contribution < -0.4 is 29.1 Å². The van der Waals surface area contributed by atoms with Gasteiger partial charge in [0.25, 0.3) is 5.56 Å². The normalized spacial score (nSPS) is 15.5. The minimum absolute atomic E-state index is 0.0173. The highest BCUT2D eigenvalue weighted by Crippen LogP contribution is 2.40. The molecule has 13 heteroatoms. The summed E-state index contributed by atoms with van der Waals surface area (Å²) in [6.07, 6.45) is 1.59. The molecule has 3 aromatic carbocycles. The number of esters is 1. The summed E-state index contributed by atoms with van der Waals surface area (Å²) in [5, 5.41) is 9.08. The fraction of sp³-hybridized carbons (Fsp3) is 0.161. The Morgan fingerprint density at radius 2 is 1.82 bits per heavy atom. The van der Waals surface area contributed by atoms with E-state index in [1.54, 1.807) is 31.2 Å². The quantitative estimate of drug-likeness (QED) is 0.277. The van der Waals surface area contributed by atoms with Crippen LogP contribution in [0.2, 0.25) is 10.0 Å². The highest BCUT2D eigenvalue weighted by molar-refractivity contribution is 7.07. The van der Waals surface area contributed by atoms with Crippen LogP contribution in [-0.4, -0.2) is 41.6 Å². The van der Waals surface area contributed by atoms with Gasteiger partial charge in [0, 0.05) is 5.56 Å². The molecule has 0 unspecified atom stereocenters. The van der Waals surface area contributed by atoms with E-state index in [0.29, 0.717) is 43.2 Å². The van der Waals surface area contributed by atoms with Crippen molar-refractivity contribution in [2.75, 3.05) is 20.0 Å². The van der Waals surface area contributed by atoms with Crippen molar-refractivity contribution in [3.8, 4) is 17.2 Å². The highest BCUT2D eigenvalue weighted by atomic mass is 35.5. The molecule has 6 rings (SSSR count). The molecule has 0 saturated carbocycles. The van der Waals surface area contributed by atoms with Crippen molar-refractivity contribution < 1.29 is 33.6 Å². The lowest BCUT2D eigenvalue weighted by Gasteiger charge is -2.26. The number of hydrogen-bond donors (Lipinski definition) is 1. The van der Waals surface area contributed by atoms with Gasteiger partial charge in [0.2, 0.25) is 6.79 Å². The van der Waals surface area contributed by atoms with Gasteiger partial charge in [-0.15, -0.1) is 0 Å². The van der Waals surface area contributed by atoms with Crippen LogP contribution in [0.5, 0.6) is 17.2 Å². The van der Waals surface area contributed by atoms with Crippen molar-refractivity contribution in [2.24, 2.45) is 4.99 Å². The van der Waals surface area contributed by atoms with Gasteiger partial charge in [-0.05, 0) is 48.4 Å². The SMILES string of the molecule is CCOC(=O)C1=C(c2ccccc2)N=c2s/c(=C\c3cc(Cl)c(OCC(=O)O)c(Cl)c3)c(=O)n2[C@@H]1c1ccc2c(c1)OCO2. The van der Waals surface area contributed by atoms with E-state index in [9.17, 15) is 14.4 Å². The topological polar surface area (TPSA) is 126 Å². The predicted octanol–water partition coefficient (Wildman–Crippen LogP) is 4.43. The fourth-order valence-corrected chi connectivity index (χ4v) is 6.54. The van der Waals surface area contributed by atoms with E-state index in [1.807, 2.05) is 30.3 Å². The molecule has 0 amide bonds. The number of carboxylic acids is 1. The summed E-state index contributed by atoms with van der Waals surface area (Å²) in [6, 6.07) is 16.6. The third-order valence-electron chi connectivity index (χ3n) is 6.74. The highest BCUT2D eigenvalue weighted by Gasteiger charge is 2.36. The number of rotatable bonds is 8. The van der Waals surface area contributed by atoms with E-state index >= 15 is 0 Å². The van der Waals surface area contributed by atoms with Crippen molar-refractivity contribution in [1.82, 2.24) is 4.57 Å². The summed E-state index contributed by atoms with van der Waals surface area (Å²) >= 11 is 13.8. The molecule has 2 aliphatic heterocycles. The van der Waals surface area contributed by atoms with E-state index in [2.05, 4.69) is 0 Å². The maximum Gasteiger partial charge on any atom is 0.341 e. The van der Waals surface area contributed by atoms with Crippen molar-refractivity contribution in [3.05, 3.63) is 113 Å². The van der Waals surface area contributed by atoms with E-state index in [-0.39, 0.29) is 34.8 Å². The van der Waals surface area contributed by atoms with E-state index in [4.69, 9.17) is 52.2 Å². The van der Waals surface area contributed by atoms with Gasteiger partial charge in [0.15, 0.2) is 28.7 Å². The minimum atomic E-state index is -1.18. The number of thiazole rings is 1. The van der Waals surface area contributed by atoms with Crippen molar-refractivity contribution >= 4 is 58.3 Å². The van der Waals surface area contributed by atoms with Crippen LogP contribution in [0.3, 0.4) is 0 Å². The molecule has 2 aliphatic rings. The Kier molecular flexibility index (Phi) is 8.17. The molecule has 1 atom stereocenters. The van der Waals surface area contributed by atoms with Gasteiger partial charge >= 0.3 is 11.9 Å². The third-order valence-corrected chi connectivity index (χ3v) is 8.29. The standard InChI is InChI=1S/C31H22Cl2N2O8S/c1-2-40-30(39)25-26(17-6-4-3-5-7-17)34-31-35(27(25)18-8-9-21-22(13-18)43-15-42-21)29(38)23(44-31)12-16-10-19(32)28(20(33)11-16)41-14-24(36)37/h3-13,27H,2,14-15H2,1H3,(H,36,37)/b23-12-/t27-/m1/s1. The molecule has 10 nitrogen and oxygen atoms in total. The van der Waals surface area contributed by atoms with Gasteiger partial charge in [-0.2, -0.15) is 0 Å². The number of carbonyl (C=O) groups excluding carboxylic acids is 1. The Labute approximate surface area is 263 Å². The summed E-state index contributed by atoms with van der Waals surface area (Å²) in [5.74, 6) is -0.737. The number of benzene rings is 3. The largest absolute Gasteiger partial charge is 0.479 e. The summed E-state index contributed by atoms with van der Waals surface area (Å²) in [5.41, 5.74) is 1.91. The van der Waals surface area contributed by atoms with E-state index in [0.717, 1.165) is 11.3 Å². The first-order chi connectivity index (χ1) is 21.2. The number of aliphatic carboxylic acids is 1. The van der Waals surface area contributed by atoms with Gasteiger partial charge < -0.3 is 24.1 Å². The van der Waals surface area contributed by atoms with Crippen LogP contribution in [0.15, 0.2) is 76.0 Å². The maximum absolute atomic E-state index is 14.1. The zero-order chi connectivity index (χ0) is 31.0. The molecule has 4 aromatic rings. The summed E-state index contributed by atoms with van der Waals surface area (Å²) < 4.78 is 23.5. The van der Waals surface area contributed by atoms with Crippen LogP contribution in [0.25, 0.3) is 11.8 Å². The maximum atomic E-state index is 14.1. The number of carbonyl (C=O) groups is 2. The molecule has 0 bridgehead atoms. The molecule has 3 heterocycles. The Morgan fingerprint density at radius 1 is 1.09 bits per heavy atom. The number of carboxylic acid groups (broad SMARTS) is 1. The van der Waals surface area contributed by atoms with Gasteiger partial charge in [-0.1, -0.05) is 70.9 Å².